The number of carboxylic acid groups (broad SMARTS) is 2. The van der Waals surface area contributed by atoms with E-state index in [2.05, 4.69) is 11.0 Å². The van der Waals surface area contributed by atoms with E-state index in [1.807, 2.05) is 17.0 Å². The lowest BCUT2D eigenvalue weighted by Gasteiger charge is -2.41. The molecule has 2 bridgehead atoms. The number of hydrogen-bond acceptors (Lipinski definition) is 7. The third-order valence-corrected chi connectivity index (χ3v) is 8.88. The first kappa shape index (κ1) is 40.7. The molecule has 0 aromatic heterocycles. The van der Waals surface area contributed by atoms with Gasteiger partial charge in [-0.05, 0) is 81.0 Å². The molecular weight excluding hydrogens is 654 g/mol. The Bertz CT molecular complexity index is 1190. The van der Waals surface area contributed by atoms with E-state index in [1.54, 1.807) is 6.07 Å². The molecular formula is C31H44F6N4O7. The highest BCUT2D eigenvalue weighted by Crippen LogP contribution is 2.43. The van der Waals surface area contributed by atoms with Crippen LogP contribution in [0.5, 0.6) is 0 Å². The first-order valence-electron chi connectivity index (χ1n) is 15.8. The number of aliphatic carboxylic acids is 2. The van der Waals surface area contributed by atoms with E-state index in [9.17, 15) is 41.0 Å². The molecule has 11 nitrogen and oxygen atoms in total. The number of hydrogen-bond donors (Lipinski definition) is 5. The fourth-order valence-electron chi connectivity index (χ4n) is 6.56. The molecule has 17 heteroatoms. The lowest BCUT2D eigenvalue weighted by molar-refractivity contribution is -0.193. The molecule has 1 aromatic rings. The number of alkyl halides is 6. The number of nitrogens with two attached hydrogens (primary N) is 2. The number of piperidine rings is 1. The van der Waals surface area contributed by atoms with Gasteiger partial charge in [0.1, 0.15) is 6.10 Å². The lowest BCUT2D eigenvalue weighted by Crippen LogP contribution is -2.49. The van der Waals surface area contributed by atoms with Crippen LogP contribution in [0.4, 0.5) is 26.3 Å². The van der Waals surface area contributed by atoms with Crippen molar-refractivity contribution in [2.24, 2.45) is 17.4 Å². The van der Waals surface area contributed by atoms with Crippen LogP contribution in [0.1, 0.15) is 86.0 Å². The Morgan fingerprint density at radius 2 is 1.42 bits per heavy atom. The van der Waals surface area contributed by atoms with Crippen LogP contribution >= 0.6 is 0 Å². The maximum Gasteiger partial charge on any atom is 0.490 e. The SMILES string of the molecule is NCC[C@H](O)C(=O)N(CCN1C2CCC1CC(c1cccc(C(N)=O)c1)C2)CC1CCCCC1.O=C(O)C(F)(F)F.O=C(O)C(F)(F)F. The monoisotopic (exact) mass is 698 g/mol. The molecule has 7 N–H and O–H groups in total. The number of carbonyl (C=O) groups is 4. The number of fused-ring (bicyclic) bond motifs is 2. The Labute approximate surface area is 274 Å². The minimum Gasteiger partial charge on any atom is -0.475 e. The number of carboxylic acids is 2. The van der Waals surface area contributed by atoms with Crippen molar-refractivity contribution in [3.8, 4) is 0 Å². The molecule has 3 atom stereocenters. The summed E-state index contributed by atoms with van der Waals surface area (Å²) in [7, 11) is 0. The maximum absolute atomic E-state index is 13.0. The Kier molecular flexibility index (Phi) is 15.6. The van der Waals surface area contributed by atoms with Crippen molar-refractivity contribution in [1.82, 2.24) is 9.80 Å². The molecule has 3 aliphatic rings. The van der Waals surface area contributed by atoms with Gasteiger partial charge in [-0.1, -0.05) is 31.4 Å². The van der Waals surface area contributed by atoms with Crippen LogP contribution in [0.2, 0.25) is 0 Å². The quantitative estimate of drug-likeness (QED) is 0.226. The van der Waals surface area contributed by atoms with Crippen LogP contribution in [0.25, 0.3) is 0 Å². The van der Waals surface area contributed by atoms with Crippen LogP contribution in [-0.2, 0) is 14.4 Å². The number of aliphatic hydroxyl groups excluding tert-OH is 1. The summed E-state index contributed by atoms with van der Waals surface area (Å²) in [4.78, 5) is 47.0. The van der Waals surface area contributed by atoms with Gasteiger partial charge < -0.3 is 31.7 Å². The van der Waals surface area contributed by atoms with Crippen molar-refractivity contribution in [1.29, 1.82) is 0 Å². The first-order chi connectivity index (χ1) is 22.3. The Morgan fingerprint density at radius 1 is 0.896 bits per heavy atom. The van der Waals surface area contributed by atoms with Crippen molar-refractivity contribution in [3.63, 3.8) is 0 Å². The fraction of sp³-hybridized carbons (Fsp3) is 0.677. The first-order valence-corrected chi connectivity index (χ1v) is 15.8. The third kappa shape index (κ3) is 12.9. The molecule has 3 fully saturated rings. The van der Waals surface area contributed by atoms with E-state index in [1.165, 1.54) is 50.5 Å². The van der Waals surface area contributed by atoms with Crippen LogP contribution in [0, 0.1) is 5.92 Å². The van der Waals surface area contributed by atoms with E-state index in [4.69, 9.17) is 31.3 Å². The van der Waals surface area contributed by atoms with Crippen molar-refractivity contribution >= 4 is 23.8 Å². The molecule has 2 heterocycles. The zero-order valence-corrected chi connectivity index (χ0v) is 26.4. The second-order valence-electron chi connectivity index (χ2n) is 12.3. The summed E-state index contributed by atoms with van der Waals surface area (Å²) >= 11 is 0. The Balaban J connectivity index is 0.000000479. The largest absolute Gasteiger partial charge is 0.490 e. The number of carbonyl (C=O) groups excluding carboxylic acids is 2. The van der Waals surface area contributed by atoms with Gasteiger partial charge in [0, 0.05) is 37.3 Å². The van der Waals surface area contributed by atoms with Gasteiger partial charge in [-0.15, -0.1) is 0 Å². The van der Waals surface area contributed by atoms with Gasteiger partial charge in [-0.25, -0.2) is 9.59 Å². The summed E-state index contributed by atoms with van der Waals surface area (Å²) < 4.78 is 63.5. The average Bonchev–Trinajstić information content (AvgIpc) is 3.25. The predicted octanol–water partition coefficient (Wildman–Crippen LogP) is 3.88. The third-order valence-electron chi connectivity index (χ3n) is 8.88. The Hall–Kier alpha value is -3.44. The topological polar surface area (TPSA) is 187 Å². The van der Waals surface area contributed by atoms with Crippen molar-refractivity contribution < 1.29 is 60.8 Å². The number of primary amides is 1. The van der Waals surface area contributed by atoms with Crippen molar-refractivity contribution in [2.75, 3.05) is 26.2 Å². The van der Waals surface area contributed by atoms with Gasteiger partial charge in [0.15, 0.2) is 0 Å². The molecule has 1 saturated carbocycles. The van der Waals surface area contributed by atoms with Gasteiger partial charge in [0.05, 0.1) is 0 Å². The minimum absolute atomic E-state index is 0.151. The molecule has 4 rings (SSSR count). The number of aliphatic hydroxyl groups is 1. The summed E-state index contributed by atoms with van der Waals surface area (Å²) in [6, 6.07) is 8.81. The van der Waals surface area contributed by atoms with Crippen LogP contribution < -0.4 is 11.5 Å². The van der Waals surface area contributed by atoms with E-state index in [0.29, 0.717) is 49.0 Å². The van der Waals surface area contributed by atoms with E-state index in [0.717, 1.165) is 25.9 Å². The van der Waals surface area contributed by atoms with Crippen LogP contribution in [-0.4, -0.2) is 106 Å². The molecule has 48 heavy (non-hydrogen) atoms. The molecule has 2 saturated heterocycles. The molecule has 0 spiro atoms. The second kappa shape index (κ2) is 18.4. The van der Waals surface area contributed by atoms with Gasteiger partial charge in [-0.3, -0.25) is 14.5 Å². The normalized spacial score (nSPS) is 22.0. The smallest absolute Gasteiger partial charge is 0.475 e. The van der Waals surface area contributed by atoms with Crippen molar-refractivity contribution in [2.45, 2.75) is 101 Å². The number of benzene rings is 1. The molecule has 1 aliphatic carbocycles. The standard InChI is InChI=1S/C27H42N4O3.2C2HF3O2/c28-12-11-25(32)27(34)30(18-19-5-2-1-3-6-19)13-14-31-23-9-10-24(31)17-22(16-23)20-7-4-8-21(15-20)26(29)33;2*3-2(4,5)1(6)7/h4,7-8,15,19,22-25,32H,1-3,5-6,9-14,16-18,28H2,(H2,29,33);2*(H,6,7)/t22?,23?,24?,25-;;/m0../s1. The van der Waals surface area contributed by atoms with Crippen LogP contribution in [0.15, 0.2) is 24.3 Å². The maximum atomic E-state index is 13.0. The predicted molar refractivity (Wildman–Crippen MR) is 161 cm³/mol. The van der Waals surface area contributed by atoms with E-state index in [-0.39, 0.29) is 11.8 Å². The summed E-state index contributed by atoms with van der Waals surface area (Å²) in [6.07, 6.45) is -0.187. The van der Waals surface area contributed by atoms with Gasteiger partial charge in [-0.2, -0.15) is 26.3 Å². The highest BCUT2D eigenvalue weighted by molar-refractivity contribution is 5.92. The summed E-state index contributed by atoms with van der Waals surface area (Å²) in [5.74, 6) is -5.05. The van der Waals surface area contributed by atoms with E-state index < -0.39 is 30.4 Å². The number of nitrogens with zero attached hydrogens (tertiary/aromatic N) is 2. The second-order valence-corrected chi connectivity index (χ2v) is 12.3. The average molecular weight is 699 g/mol. The van der Waals surface area contributed by atoms with Crippen molar-refractivity contribution in [3.05, 3.63) is 35.4 Å². The molecule has 272 valence electrons. The highest BCUT2D eigenvalue weighted by Gasteiger charge is 2.42. The molecule has 1 aromatic carbocycles. The molecule has 2 aliphatic heterocycles. The van der Waals surface area contributed by atoms with E-state index >= 15 is 0 Å². The summed E-state index contributed by atoms with van der Waals surface area (Å²) in [6.45, 7) is 2.61. The minimum atomic E-state index is -5.08. The summed E-state index contributed by atoms with van der Waals surface area (Å²) in [5.41, 5.74) is 12.9. The fourth-order valence-corrected chi connectivity index (χ4v) is 6.56. The number of rotatable bonds is 10. The number of amides is 2. The molecule has 2 amide bonds. The highest BCUT2D eigenvalue weighted by atomic mass is 19.4. The lowest BCUT2D eigenvalue weighted by atomic mass is 9.84. The molecule has 2 unspecified atom stereocenters. The number of halogens is 6. The zero-order valence-electron chi connectivity index (χ0n) is 26.4. The molecule has 0 radical (unpaired) electrons. The van der Waals surface area contributed by atoms with Gasteiger partial charge in [0.2, 0.25) is 5.91 Å². The van der Waals surface area contributed by atoms with Gasteiger partial charge >= 0.3 is 24.3 Å². The zero-order chi connectivity index (χ0) is 36.2. The Morgan fingerprint density at radius 3 is 1.88 bits per heavy atom. The van der Waals surface area contributed by atoms with Crippen LogP contribution in [0.3, 0.4) is 0 Å². The summed E-state index contributed by atoms with van der Waals surface area (Å²) in [5, 5.41) is 24.6. The van der Waals surface area contributed by atoms with Gasteiger partial charge in [0.25, 0.3) is 5.91 Å².